The van der Waals surface area contributed by atoms with Crippen molar-refractivity contribution in [2.75, 3.05) is 6.54 Å². The summed E-state index contributed by atoms with van der Waals surface area (Å²) in [6, 6.07) is 0. The zero-order chi connectivity index (χ0) is 8.49. The Morgan fingerprint density at radius 1 is 1.00 bits per heavy atom. The van der Waals surface area contributed by atoms with Gasteiger partial charge in [0.05, 0.1) is 12.8 Å². The summed E-state index contributed by atoms with van der Waals surface area (Å²) in [6.45, 7) is 0.820. The van der Waals surface area contributed by atoms with Gasteiger partial charge in [0.25, 0.3) is 0 Å². The molecule has 3 heteroatoms. The van der Waals surface area contributed by atoms with Gasteiger partial charge in [-0.05, 0) is 30.6 Å². The molecule has 0 aromatic carbocycles. The van der Waals surface area contributed by atoms with Crippen LogP contribution in [0.25, 0.3) is 0 Å². The molecule has 0 N–H and O–H groups in total. The quantitative estimate of drug-likeness (QED) is 0.529. The van der Waals surface area contributed by atoms with E-state index in [4.69, 9.17) is 0 Å². The van der Waals surface area contributed by atoms with Gasteiger partial charge in [0.15, 0.2) is 0 Å². The van der Waals surface area contributed by atoms with Crippen molar-refractivity contribution in [1.82, 2.24) is 0 Å². The third-order valence-electron chi connectivity index (χ3n) is 1.78. The van der Waals surface area contributed by atoms with Crippen molar-refractivity contribution < 1.29 is 0 Å². The summed E-state index contributed by atoms with van der Waals surface area (Å²) >= 11 is 0. The van der Waals surface area contributed by atoms with Gasteiger partial charge in [-0.3, -0.25) is 0 Å². The summed E-state index contributed by atoms with van der Waals surface area (Å²) in [7, 11) is 0. The Bertz CT molecular complexity index is 162. The van der Waals surface area contributed by atoms with E-state index in [-0.39, 0.29) is 0 Å². The summed E-state index contributed by atoms with van der Waals surface area (Å²) in [4.78, 5) is 0. The highest BCUT2D eigenvalue weighted by atomic mass is 15.4. The molecule has 0 amide bonds. The summed E-state index contributed by atoms with van der Waals surface area (Å²) in [5.74, 6) is 0. The van der Waals surface area contributed by atoms with Crippen LogP contribution in [0.2, 0.25) is 0 Å². The van der Waals surface area contributed by atoms with Crippen LogP contribution in [0, 0.1) is 0 Å². The fraction of sp³-hybridized carbons (Fsp3) is 0.667. The maximum Gasteiger partial charge on any atom is 0.0621 e. The predicted molar refractivity (Wildman–Crippen MR) is 50.4 cm³/mol. The summed E-state index contributed by atoms with van der Waals surface area (Å²) in [5, 5.41) is 11.3. The van der Waals surface area contributed by atoms with Crippen LogP contribution < -0.4 is 0 Å². The second kappa shape index (κ2) is 6.70. The van der Waals surface area contributed by atoms with Gasteiger partial charge in [0.1, 0.15) is 0 Å². The molecule has 12 heavy (non-hydrogen) atoms. The van der Waals surface area contributed by atoms with Crippen molar-refractivity contribution in [1.29, 1.82) is 0 Å². The second-order valence-corrected chi connectivity index (χ2v) is 2.85. The molecule has 0 aliphatic carbocycles. The van der Waals surface area contributed by atoms with Gasteiger partial charge >= 0.3 is 0 Å². The first-order valence-electron chi connectivity index (χ1n) is 4.55. The first-order chi connectivity index (χ1) is 6.00. The zero-order valence-electron chi connectivity index (χ0n) is 7.32. The Morgan fingerprint density at radius 2 is 1.92 bits per heavy atom. The van der Waals surface area contributed by atoms with E-state index in [9.17, 15) is 0 Å². The molecule has 1 rings (SSSR count). The number of allylic oxidation sites excluding steroid dienone is 2. The van der Waals surface area contributed by atoms with Gasteiger partial charge in [0, 0.05) is 0 Å². The highest BCUT2D eigenvalue weighted by Gasteiger charge is 1.88. The molecule has 66 valence electrons. The number of nitrogens with zero attached hydrogens (tertiary/aromatic N) is 3. The van der Waals surface area contributed by atoms with Gasteiger partial charge in [0.2, 0.25) is 0 Å². The van der Waals surface area contributed by atoms with Crippen LogP contribution in [0.1, 0.15) is 32.1 Å². The normalized spacial score (nSPS) is 28.0. The molecule has 1 aliphatic heterocycles. The third-order valence-corrected chi connectivity index (χ3v) is 1.78. The highest BCUT2D eigenvalue weighted by molar-refractivity contribution is 5.70. The van der Waals surface area contributed by atoms with Crippen LogP contribution in [0.3, 0.4) is 0 Å². The van der Waals surface area contributed by atoms with Crippen molar-refractivity contribution in [3.8, 4) is 0 Å². The SMILES string of the molecule is C1=C\CCCCCC/N=N/N=C/1. The lowest BCUT2D eigenvalue weighted by atomic mass is 10.1. The standard InChI is InChI=1S/C9H15N3/c1-2-4-6-8-10-12-11-9-7-5-3-1/h4,6,8H,1-3,5,7,9H2/b6-4-,10-8+,12-11+. The van der Waals surface area contributed by atoms with Crippen LogP contribution in [0.4, 0.5) is 0 Å². The Hall–Kier alpha value is -0.990. The molecule has 3 nitrogen and oxygen atoms in total. The first-order valence-corrected chi connectivity index (χ1v) is 4.55. The largest absolute Gasteiger partial charge is 0.169 e. The molecule has 0 radical (unpaired) electrons. The fourth-order valence-electron chi connectivity index (χ4n) is 1.10. The first kappa shape index (κ1) is 9.10. The molecule has 0 saturated heterocycles. The lowest BCUT2D eigenvalue weighted by Crippen LogP contribution is -1.82. The van der Waals surface area contributed by atoms with E-state index in [0.717, 1.165) is 19.4 Å². The van der Waals surface area contributed by atoms with E-state index >= 15 is 0 Å². The van der Waals surface area contributed by atoms with E-state index < -0.39 is 0 Å². The van der Waals surface area contributed by atoms with Crippen molar-refractivity contribution in [3.63, 3.8) is 0 Å². The molecular weight excluding hydrogens is 150 g/mol. The molecule has 0 bridgehead atoms. The molecule has 0 aromatic heterocycles. The molecule has 0 saturated carbocycles. The number of hydrogen-bond donors (Lipinski definition) is 0. The van der Waals surface area contributed by atoms with Crippen LogP contribution in [-0.2, 0) is 0 Å². The minimum atomic E-state index is 0.820. The van der Waals surface area contributed by atoms with Gasteiger partial charge < -0.3 is 0 Å². The topological polar surface area (TPSA) is 37.1 Å². The maximum absolute atomic E-state index is 3.90. The zero-order valence-corrected chi connectivity index (χ0v) is 7.32. The van der Waals surface area contributed by atoms with E-state index in [1.54, 1.807) is 6.21 Å². The fourth-order valence-corrected chi connectivity index (χ4v) is 1.10. The van der Waals surface area contributed by atoms with Crippen LogP contribution in [0.5, 0.6) is 0 Å². The van der Waals surface area contributed by atoms with E-state index in [2.05, 4.69) is 21.5 Å². The molecule has 1 heterocycles. The van der Waals surface area contributed by atoms with Crippen molar-refractivity contribution in [2.24, 2.45) is 15.4 Å². The van der Waals surface area contributed by atoms with Gasteiger partial charge in [-0.25, -0.2) is 0 Å². The average molecular weight is 165 g/mol. The minimum Gasteiger partial charge on any atom is -0.169 e. The molecule has 0 fully saturated rings. The van der Waals surface area contributed by atoms with Gasteiger partial charge in [-0.1, -0.05) is 18.9 Å². The minimum absolute atomic E-state index is 0.820. The highest BCUT2D eigenvalue weighted by Crippen LogP contribution is 2.04. The Morgan fingerprint density at radius 3 is 2.92 bits per heavy atom. The average Bonchev–Trinajstić information content (AvgIpc) is 2.05. The number of rotatable bonds is 0. The van der Waals surface area contributed by atoms with Crippen molar-refractivity contribution in [2.45, 2.75) is 32.1 Å². The molecule has 0 atom stereocenters. The molecular formula is C9H15N3. The van der Waals surface area contributed by atoms with E-state index in [1.165, 1.54) is 19.3 Å². The molecule has 1 aliphatic rings. The smallest absolute Gasteiger partial charge is 0.0621 e. The summed E-state index contributed by atoms with van der Waals surface area (Å²) < 4.78 is 0. The lowest BCUT2D eigenvalue weighted by molar-refractivity contribution is 0.642. The van der Waals surface area contributed by atoms with Crippen molar-refractivity contribution in [3.05, 3.63) is 12.2 Å². The predicted octanol–water partition coefficient (Wildman–Crippen LogP) is 2.94. The Balaban J connectivity index is 2.32. The van der Waals surface area contributed by atoms with Crippen LogP contribution >= 0.6 is 0 Å². The van der Waals surface area contributed by atoms with E-state index in [0.29, 0.717) is 0 Å². The number of hydrogen-bond acceptors (Lipinski definition) is 3. The Kier molecular flexibility index (Phi) is 5.08. The van der Waals surface area contributed by atoms with Gasteiger partial charge in [-0.15, -0.1) is 5.10 Å². The molecule has 0 unspecified atom stereocenters. The van der Waals surface area contributed by atoms with E-state index in [1.807, 2.05) is 6.08 Å². The monoisotopic (exact) mass is 165 g/mol. The summed E-state index contributed by atoms with van der Waals surface area (Å²) in [6.07, 6.45) is 11.9. The van der Waals surface area contributed by atoms with Crippen LogP contribution in [-0.4, -0.2) is 12.8 Å². The molecule has 0 aromatic rings. The third kappa shape index (κ3) is 4.77. The summed E-state index contributed by atoms with van der Waals surface area (Å²) in [5.41, 5.74) is 0. The van der Waals surface area contributed by atoms with Crippen LogP contribution in [0.15, 0.2) is 27.6 Å². The van der Waals surface area contributed by atoms with Crippen molar-refractivity contribution >= 4 is 6.21 Å². The molecule has 0 spiro atoms. The maximum atomic E-state index is 3.90. The second-order valence-electron chi connectivity index (χ2n) is 2.85. The lowest BCUT2D eigenvalue weighted by Gasteiger charge is -1.96. The van der Waals surface area contributed by atoms with Gasteiger partial charge in [-0.2, -0.15) is 5.11 Å². The Labute approximate surface area is 73.3 Å².